The Morgan fingerprint density at radius 3 is 2.67 bits per heavy atom. The van der Waals surface area contributed by atoms with E-state index < -0.39 is 0 Å². The van der Waals surface area contributed by atoms with Crippen LogP contribution >= 0.6 is 11.8 Å². The predicted molar refractivity (Wildman–Crippen MR) is 104 cm³/mol. The number of hydrogen-bond donors (Lipinski definition) is 2. The van der Waals surface area contributed by atoms with Gasteiger partial charge in [-0.25, -0.2) is 0 Å². The maximum atomic E-state index is 5.98. The van der Waals surface area contributed by atoms with Gasteiger partial charge in [0.15, 0.2) is 0 Å². The van der Waals surface area contributed by atoms with Gasteiger partial charge >= 0.3 is 0 Å². The number of rotatable bonds is 7. The third kappa shape index (κ3) is 3.61. The van der Waals surface area contributed by atoms with Crippen molar-refractivity contribution in [1.29, 1.82) is 0 Å². The molecule has 1 aliphatic rings. The Balaban J connectivity index is 1.82. The van der Waals surface area contributed by atoms with Gasteiger partial charge in [-0.1, -0.05) is 49.9 Å². The van der Waals surface area contributed by atoms with Crippen molar-refractivity contribution in [3.63, 3.8) is 0 Å². The minimum absolute atomic E-state index is 0.594. The molecule has 0 aromatic heterocycles. The molecule has 0 bridgehead atoms. The molecule has 3 nitrogen and oxygen atoms in total. The fraction of sp³-hybridized carbons (Fsp3) is 0.400. The summed E-state index contributed by atoms with van der Waals surface area (Å²) >= 11 is 1.87. The minimum atomic E-state index is 0.594. The summed E-state index contributed by atoms with van der Waals surface area (Å²) in [5, 5.41) is 3.66. The summed E-state index contributed by atoms with van der Waals surface area (Å²) in [5.41, 5.74) is 11.3. The van der Waals surface area contributed by atoms with Crippen molar-refractivity contribution in [2.24, 2.45) is 5.73 Å². The van der Waals surface area contributed by atoms with E-state index in [2.05, 4.69) is 60.5 Å². The first kappa shape index (κ1) is 17.3. The predicted octanol–water partition coefficient (Wildman–Crippen LogP) is 3.95. The van der Waals surface area contributed by atoms with Gasteiger partial charge < -0.3 is 16.0 Å². The fourth-order valence-corrected chi connectivity index (χ4v) is 4.47. The number of nitrogens with one attached hydrogen (secondary N) is 1. The summed E-state index contributed by atoms with van der Waals surface area (Å²) in [6, 6.07) is 13.1. The first-order valence-electron chi connectivity index (χ1n) is 8.83. The van der Waals surface area contributed by atoms with E-state index in [-0.39, 0.29) is 0 Å². The summed E-state index contributed by atoms with van der Waals surface area (Å²) in [5.74, 6) is 0. The quantitative estimate of drug-likeness (QED) is 0.683. The fourth-order valence-electron chi connectivity index (χ4n) is 3.24. The topological polar surface area (TPSA) is 41.3 Å². The molecule has 128 valence electrons. The van der Waals surface area contributed by atoms with Crippen molar-refractivity contribution < 1.29 is 0 Å². The van der Waals surface area contributed by atoms with Crippen LogP contribution in [0, 0.1) is 0 Å². The van der Waals surface area contributed by atoms with Gasteiger partial charge in [0, 0.05) is 41.5 Å². The normalized spacial score (nSPS) is 12.8. The molecule has 2 aromatic carbocycles. The van der Waals surface area contributed by atoms with E-state index in [0.29, 0.717) is 6.54 Å². The number of likely N-dealkylation sites (N-methyl/N-ethyl adjacent to an activating group) is 1. The Morgan fingerprint density at radius 1 is 1.12 bits per heavy atom. The van der Waals surface area contributed by atoms with Gasteiger partial charge in [0.1, 0.15) is 0 Å². The smallest absolute Gasteiger partial charge is 0.0388 e. The maximum Gasteiger partial charge on any atom is 0.0388 e. The van der Waals surface area contributed by atoms with Crippen LogP contribution in [0.4, 0.5) is 5.69 Å². The molecule has 1 heterocycles. The zero-order valence-corrected chi connectivity index (χ0v) is 15.5. The van der Waals surface area contributed by atoms with Gasteiger partial charge in [-0.05, 0) is 41.9 Å². The second-order valence-electron chi connectivity index (χ2n) is 6.12. The van der Waals surface area contributed by atoms with E-state index >= 15 is 0 Å². The Labute approximate surface area is 149 Å². The molecular weight excluding hydrogens is 314 g/mol. The van der Waals surface area contributed by atoms with E-state index in [4.69, 9.17) is 5.73 Å². The number of anilines is 1. The standard InChI is InChI=1S/C20H27N3S/c1-3-23(4-2)12-11-22-18-10-9-16(14-21)20-17(18)13-15-7-5-6-8-19(15)24-20/h5-10,22H,3-4,11-14,21H2,1-2H3. The van der Waals surface area contributed by atoms with Crippen LogP contribution in [0.3, 0.4) is 0 Å². The molecule has 1 aliphatic heterocycles. The number of nitrogens with two attached hydrogens (primary N) is 1. The summed E-state index contributed by atoms with van der Waals surface area (Å²) < 4.78 is 0. The Kier molecular flexibility index (Phi) is 5.82. The molecule has 0 aliphatic carbocycles. The van der Waals surface area contributed by atoms with Gasteiger partial charge in [0.25, 0.3) is 0 Å². The van der Waals surface area contributed by atoms with Crippen LogP contribution in [0.5, 0.6) is 0 Å². The van der Waals surface area contributed by atoms with E-state index in [0.717, 1.165) is 32.6 Å². The molecule has 3 N–H and O–H groups in total. The van der Waals surface area contributed by atoms with Crippen LogP contribution in [0.15, 0.2) is 46.2 Å². The molecule has 24 heavy (non-hydrogen) atoms. The van der Waals surface area contributed by atoms with Gasteiger partial charge in [0.05, 0.1) is 0 Å². The number of hydrogen-bond acceptors (Lipinski definition) is 4. The van der Waals surface area contributed by atoms with Crippen molar-refractivity contribution in [3.8, 4) is 0 Å². The van der Waals surface area contributed by atoms with E-state index in [9.17, 15) is 0 Å². The van der Waals surface area contributed by atoms with Crippen LogP contribution in [0.25, 0.3) is 0 Å². The van der Waals surface area contributed by atoms with Crippen molar-refractivity contribution in [3.05, 3.63) is 53.1 Å². The first-order valence-corrected chi connectivity index (χ1v) is 9.65. The highest BCUT2D eigenvalue weighted by Gasteiger charge is 2.21. The first-order chi connectivity index (χ1) is 11.8. The van der Waals surface area contributed by atoms with Crippen molar-refractivity contribution in [2.75, 3.05) is 31.5 Å². The summed E-state index contributed by atoms with van der Waals surface area (Å²) in [4.78, 5) is 5.15. The van der Waals surface area contributed by atoms with Crippen molar-refractivity contribution >= 4 is 17.4 Å². The molecule has 2 aromatic rings. The lowest BCUT2D eigenvalue weighted by Gasteiger charge is -2.25. The Hall–Kier alpha value is -1.49. The van der Waals surface area contributed by atoms with E-state index in [1.807, 2.05) is 11.8 Å². The molecule has 0 radical (unpaired) electrons. The monoisotopic (exact) mass is 341 g/mol. The molecule has 0 atom stereocenters. The molecule has 0 amide bonds. The SMILES string of the molecule is CCN(CC)CCNc1ccc(CN)c2c1Cc1ccccc1S2. The number of fused-ring (bicyclic) bond motifs is 2. The van der Waals surface area contributed by atoms with Crippen LogP contribution in [0.1, 0.15) is 30.5 Å². The summed E-state index contributed by atoms with van der Waals surface area (Å²) in [6.07, 6.45) is 0.986. The lowest BCUT2D eigenvalue weighted by molar-refractivity contribution is 0.316. The molecule has 0 unspecified atom stereocenters. The second-order valence-corrected chi connectivity index (χ2v) is 7.18. The maximum absolute atomic E-state index is 5.98. The highest BCUT2D eigenvalue weighted by atomic mass is 32.2. The van der Waals surface area contributed by atoms with Crippen LogP contribution in [0.2, 0.25) is 0 Å². The molecule has 0 saturated carbocycles. The van der Waals surface area contributed by atoms with Gasteiger partial charge in [-0.2, -0.15) is 0 Å². The van der Waals surface area contributed by atoms with E-state index in [1.165, 1.54) is 32.2 Å². The highest BCUT2D eigenvalue weighted by molar-refractivity contribution is 7.99. The Morgan fingerprint density at radius 2 is 1.92 bits per heavy atom. The van der Waals surface area contributed by atoms with Crippen LogP contribution in [-0.2, 0) is 13.0 Å². The second kappa shape index (κ2) is 8.06. The largest absolute Gasteiger partial charge is 0.383 e. The molecular formula is C20H27N3S. The molecule has 3 rings (SSSR count). The summed E-state index contributed by atoms with van der Waals surface area (Å²) in [7, 11) is 0. The third-order valence-corrected chi connectivity index (χ3v) is 6.08. The molecule has 0 spiro atoms. The summed E-state index contributed by atoms with van der Waals surface area (Å²) in [6.45, 7) is 9.28. The zero-order valence-electron chi connectivity index (χ0n) is 14.6. The molecule has 0 saturated heterocycles. The molecule has 0 fully saturated rings. The van der Waals surface area contributed by atoms with Gasteiger partial charge in [-0.3, -0.25) is 0 Å². The number of nitrogens with zero attached hydrogens (tertiary/aromatic N) is 1. The third-order valence-electron chi connectivity index (χ3n) is 4.75. The average molecular weight is 342 g/mol. The van der Waals surface area contributed by atoms with Crippen LogP contribution in [-0.4, -0.2) is 31.1 Å². The van der Waals surface area contributed by atoms with Crippen molar-refractivity contribution in [2.45, 2.75) is 36.6 Å². The zero-order chi connectivity index (χ0) is 16.9. The lowest BCUT2D eigenvalue weighted by Crippen LogP contribution is -2.28. The van der Waals surface area contributed by atoms with Crippen LogP contribution < -0.4 is 11.1 Å². The minimum Gasteiger partial charge on any atom is -0.383 e. The van der Waals surface area contributed by atoms with E-state index in [1.54, 1.807) is 0 Å². The van der Waals surface area contributed by atoms with Gasteiger partial charge in [0.2, 0.25) is 0 Å². The Bertz CT molecular complexity index is 695. The molecule has 4 heteroatoms. The number of benzene rings is 2. The average Bonchev–Trinajstić information content (AvgIpc) is 2.63. The van der Waals surface area contributed by atoms with Crippen molar-refractivity contribution in [1.82, 2.24) is 4.90 Å². The lowest BCUT2D eigenvalue weighted by atomic mass is 9.99. The van der Waals surface area contributed by atoms with Gasteiger partial charge in [-0.15, -0.1) is 0 Å². The highest BCUT2D eigenvalue weighted by Crippen LogP contribution is 2.44.